The monoisotopic (exact) mass is 568 g/mol. The van der Waals surface area contributed by atoms with Gasteiger partial charge in [0.05, 0.1) is 0 Å². The van der Waals surface area contributed by atoms with E-state index in [4.69, 9.17) is 0 Å². The molecule has 0 amide bonds. The van der Waals surface area contributed by atoms with Crippen molar-refractivity contribution < 1.29 is 0 Å². The van der Waals surface area contributed by atoms with Crippen LogP contribution in [0.15, 0.2) is 104 Å². The van der Waals surface area contributed by atoms with Gasteiger partial charge in [0.2, 0.25) is 0 Å². The summed E-state index contributed by atoms with van der Waals surface area (Å²) in [6, 6.07) is 34.5. The largest absolute Gasteiger partial charge is 0.0955 e. The first-order valence-corrected chi connectivity index (χ1v) is 14.9. The Labute approximate surface area is 263 Å². The molecule has 0 saturated carbocycles. The lowest BCUT2D eigenvalue weighted by molar-refractivity contribution is 1.25. The molecule has 0 unspecified atom stereocenters. The molecule has 43 heavy (non-hydrogen) atoms. The Bertz CT molecular complexity index is 1490. The molecule has 5 rings (SSSR count). The van der Waals surface area contributed by atoms with Crippen molar-refractivity contribution in [3.63, 3.8) is 0 Å². The van der Waals surface area contributed by atoms with Crippen LogP contribution >= 0.6 is 0 Å². The number of benzene rings is 5. The van der Waals surface area contributed by atoms with Crippen LogP contribution in [-0.2, 0) is 0 Å². The maximum Gasteiger partial charge on any atom is -0.0179 e. The van der Waals surface area contributed by atoms with Gasteiger partial charge in [-0.25, -0.2) is 0 Å². The maximum atomic E-state index is 3.94. The quantitative estimate of drug-likeness (QED) is 0.203. The third kappa shape index (κ3) is 9.42. The van der Waals surface area contributed by atoms with Crippen molar-refractivity contribution in [2.75, 3.05) is 0 Å². The van der Waals surface area contributed by atoms with E-state index in [1.807, 2.05) is 6.92 Å². The molecule has 0 heterocycles. The van der Waals surface area contributed by atoms with E-state index in [2.05, 4.69) is 166 Å². The van der Waals surface area contributed by atoms with E-state index >= 15 is 0 Å². The Kier molecular flexibility index (Phi) is 13.0. The van der Waals surface area contributed by atoms with Gasteiger partial charge in [0, 0.05) is 0 Å². The zero-order valence-electron chi connectivity index (χ0n) is 27.4. The molecule has 0 aromatic heterocycles. The minimum absolute atomic E-state index is 0. The van der Waals surface area contributed by atoms with Gasteiger partial charge in [0.25, 0.3) is 0 Å². The van der Waals surface area contributed by atoms with Gasteiger partial charge in [-0.3, -0.25) is 0 Å². The standard InChI is InChI=1S/2C15H16.C12H16.CH4/c2*1-11-9-15(10-12(2)13(11)3)14-7-5-4-6-8-14;1-8(2)12-6-9(3)11(5)10(4)7-12;/h2*4-10H,1-3H3;6-7H,1H2,2-5H3;1H4. The molecule has 224 valence electrons. The van der Waals surface area contributed by atoms with Crippen molar-refractivity contribution in [2.24, 2.45) is 0 Å². The van der Waals surface area contributed by atoms with Crippen LogP contribution in [0.3, 0.4) is 0 Å². The van der Waals surface area contributed by atoms with Gasteiger partial charge in [0.1, 0.15) is 0 Å². The van der Waals surface area contributed by atoms with Gasteiger partial charge in [-0.15, -0.1) is 0 Å². The first-order valence-electron chi connectivity index (χ1n) is 14.9. The molecule has 0 saturated heterocycles. The molecular formula is C43H52. The molecule has 0 aliphatic carbocycles. The Morgan fingerprint density at radius 2 is 0.651 bits per heavy atom. The fraction of sp³-hybridized carbons (Fsp3) is 0.256. The summed E-state index contributed by atoms with van der Waals surface area (Å²) < 4.78 is 0. The molecule has 0 fully saturated rings. The number of hydrogen-bond donors (Lipinski definition) is 0. The van der Waals surface area contributed by atoms with Gasteiger partial charge in [-0.2, -0.15) is 0 Å². The van der Waals surface area contributed by atoms with E-state index in [1.54, 1.807) is 0 Å². The van der Waals surface area contributed by atoms with Crippen LogP contribution < -0.4 is 0 Å². The lowest BCUT2D eigenvalue weighted by atomic mass is 9.97. The molecule has 5 aromatic carbocycles. The van der Waals surface area contributed by atoms with Gasteiger partial charge in [-0.05, 0) is 147 Å². The molecule has 0 N–H and O–H groups in total. The van der Waals surface area contributed by atoms with Crippen LogP contribution in [0, 0.1) is 62.3 Å². The highest BCUT2D eigenvalue weighted by Gasteiger charge is 2.04. The van der Waals surface area contributed by atoms with Crippen LogP contribution in [0.4, 0.5) is 0 Å². The summed E-state index contributed by atoms with van der Waals surface area (Å²) in [5, 5.41) is 0. The summed E-state index contributed by atoms with van der Waals surface area (Å²) in [6.45, 7) is 25.5. The van der Waals surface area contributed by atoms with E-state index in [9.17, 15) is 0 Å². The highest BCUT2D eigenvalue weighted by Crippen LogP contribution is 2.26. The summed E-state index contributed by atoms with van der Waals surface area (Å²) >= 11 is 0. The lowest BCUT2D eigenvalue weighted by Crippen LogP contribution is -1.89. The van der Waals surface area contributed by atoms with Gasteiger partial charge in [-0.1, -0.05) is 117 Å². The molecule has 0 aliphatic heterocycles. The molecule has 0 radical (unpaired) electrons. The van der Waals surface area contributed by atoms with Crippen molar-refractivity contribution >= 4 is 5.57 Å². The van der Waals surface area contributed by atoms with Crippen LogP contribution in [0.5, 0.6) is 0 Å². The summed E-state index contributed by atoms with van der Waals surface area (Å²) in [7, 11) is 0. The molecular weight excluding hydrogens is 516 g/mol. The van der Waals surface area contributed by atoms with Crippen molar-refractivity contribution in [2.45, 2.75) is 76.7 Å². The second-order valence-corrected chi connectivity index (χ2v) is 11.7. The Balaban J connectivity index is 0.000000224. The van der Waals surface area contributed by atoms with Crippen LogP contribution in [0.25, 0.3) is 27.8 Å². The summed E-state index contributed by atoms with van der Waals surface area (Å²) in [5.74, 6) is 0. The molecule has 0 heteroatoms. The van der Waals surface area contributed by atoms with Crippen molar-refractivity contribution in [3.05, 3.63) is 159 Å². The molecule has 0 spiro atoms. The zero-order chi connectivity index (χ0) is 31.0. The summed E-state index contributed by atoms with van der Waals surface area (Å²) in [4.78, 5) is 0. The smallest absolute Gasteiger partial charge is 0.0179 e. The fourth-order valence-electron chi connectivity index (χ4n) is 4.95. The Morgan fingerprint density at radius 3 is 0.907 bits per heavy atom. The van der Waals surface area contributed by atoms with Crippen molar-refractivity contribution in [1.82, 2.24) is 0 Å². The van der Waals surface area contributed by atoms with Crippen molar-refractivity contribution in [1.29, 1.82) is 0 Å². The normalized spacial score (nSPS) is 10.0. The van der Waals surface area contributed by atoms with E-state index in [0.717, 1.165) is 5.57 Å². The summed E-state index contributed by atoms with van der Waals surface area (Å²) in [5.41, 5.74) is 20.0. The number of allylic oxidation sites excluding steroid dienone is 1. The Hall–Kier alpha value is -4.16. The average molecular weight is 569 g/mol. The second-order valence-electron chi connectivity index (χ2n) is 11.7. The third-order valence-electron chi connectivity index (χ3n) is 8.49. The molecule has 0 atom stereocenters. The van der Waals surface area contributed by atoms with Crippen LogP contribution in [0.2, 0.25) is 0 Å². The first kappa shape index (κ1) is 35.0. The Morgan fingerprint density at radius 1 is 0.395 bits per heavy atom. The fourth-order valence-corrected chi connectivity index (χ4v) is 4.95. The third-order valence-corrected chi connectivity index (χ3v) is 8.49. The van der Waals surface area contributed by atoms with E-state index in [-0.39, 0.29) is 7.43 Å². The predicted octanol–water partition coefficient (Wildman–Crippen LogP) is 12.8. The van der Waals surface area contributed by atoms with Gasteiger partial charge < -0.3 is 0 Å². The average Bonchev–Trinajstić information content (AvgIpc) is 2.98. The minimum Gasteiger partial charge on any atom is -0.0955 e. The summed E-state index contributed by atoms with van der Waals surface area (Å²) in [6.07, 6.45) is 0. The predicted molar refractivity (Wildman–Crippen MR) is 194 cm³/mol. The van der Waals surface area contributed by atoms with Gasteiger partial charge >= 0.3 is 0 Å². The van der Waals surface area contributed by atoms with Crippen molar-refractivity contribution in [3.8, 4) is 22.3 Å². The zero-order valence-corrected chi connectivity index (χ0v) is 27.4. The number of hydrogen-bond acceptors (Lipinski definition) is 0. The maximum absolute atomic E-state index is 3.94. The SMILES string of the molecule is C.C=C(C)c1cc(C)c(C)c(C)c1.Cc1cc(-c2ccccc2)cc(C)c1C.Cc1cc(-c2ccccc2)cc(C)c1C. The number of rotatable bonds is 3. The lowest BCUT2D eigenvalue weighted by Gasteiger charge is -2.09. The van der Waals surface area contributed by atoms with Crippen LogP contribution in [0.1, 0.15) is 70.0 Å². The highest BCUT2D eigenvalue weighted by atomic mass is 14.1. The molecule has 5 aromatic rings. The number of aryl methyl sites for hydroxylation is 6. The van der Waals surface area contributed by atoms with E-state index in [1.165, 1.54) is 77.9 Å². The van der Waals surface area contributed by atoms with E-state index < -0.39 is 0 Å². The highest BCUT2D eigenvalue weighted by molar-refractivity contribution is 5.67. The van der Waals surface area contributed by atoms with Crippen LogP contribution in [-0.4, -0.2) is 0 Å². The second kappa shape index (κ2) is 15.9. The topological polar surface area (TPSA) is 0 Å². The first-order chi connectivity index (χ1) is 19.9. The molecule has 0 aliphatic rings. The minimum atomic E-state index is 0. The van der Waals surface area contributed by atoms with E-state index in [0.29, 0.717) is 0 Å². The molecule has 0 nitrogen and oxygen atoms in total. The molecule has 0 bridgehead atoms. The van der Waals surface area contributed by atoms with Gasteiger partial charge in [0.15, 0.2) is 0 Å².